The van der Waals surface area contributed by atoms with Gasteiger partial charge in [0.25, 0.3) is 0 Å². The first-order valence-corrected chi connectivity index (χ1v) is 10.7. The maximum atomic E-state index is 13.4. The highest BCUT2D eigenvalue weighted by Gasteiger charge is 2.26. The molecule has 0 saturated carbocycles. The number of hydrogen-bond acceptors (Lipinski definition) is 4. The van der Waals surface area contributed by atoms with E-state index in [4.69, 9.17) is 4.74 Å². The van der Waals surface area contributed by atoms with Crippen LogP contribution in [-0.2, 0) is 17.1 Å². The lowest BCUT2D eigenvalue weighted by atomic mass is 10.1. The van der Waals surface area contributed by atoms with Crippen LogP contribution in [0.15, 0.2) is 59.8 Å². The molecule has 29 heavy (non-hydrogen) atoms. The van der Waals surface area contributed by atoms with Gasteiger partial charge in [-0.3, -0.25) is 0 Å². The lowest BCUT2D eigenvalue weighted by molar-refractivity contribution is 0.240. The Hall–Kier alpha value is -2.71. The molecule has 0 aliphatic rings. The van der Waals surface area contributed by atoms with Crippen molar-refractivity contribution in [3.05, 3.63) is 77.6 Å². The molecule has 1 heterocycles. The van der Waals surface area contributed by atoms with Gasteiger partial charge in [0.2, 0.25) is 10.0 Å². The quantitative estimate of drug-likeness (QED) is 0.636. The van der Waals surface area contributed by atoms with Crippen molar-refractivity contribution in [3.8, 4) is 5.75 Å². The maximum Gasteiger partial charge on any atom is 0.241 e. The Balaban J connectivity index is 1.97. The second-order valence-electron chi connectivity index (χ2n) is 7.10. The smallest absolute Gasteiger partial charge is 0.241 e. The fourth-order valence-electron chi connectivity index (χ4n) is 2.98. The molecule has 0 radical (unpaired) electrons. The lowest BCUT2D eigenvalue weighted by Gasteiger charge is -2.20. The summed E-state index contributed by atoms with van der Waals surface area (Å²) in [6.45, 7) is 5.62. The minimum absolute atomic E-state index is 0.0134. The number of benzene rings is 2. The first kappa shape index (κ1) is 21.0. The van der Waals surface area contributed by atoms with E-state index in [2.05, 4.69) is 9.71 Å². The second-order valence-corrected chi connectivity index (χ2v) is 8.81. The van der Waals surface area contributed by atoms with Crippen LogP contribution in [0.5, 0.6) is 5.75 Å². The SMILES string of the molecule is Cc1cc(S(=O)(=O)NC(c2ccc(F)cc2)c2nccn2C)ccc1OC(C)C. The van der Waals surface area contributed by atoms with Gasteiger partial charge in [-0.15, -0.1) is 0 Å². The standard InChI is InChI=1S/C21H24FN3O3S/c1-14(2)28-19-10-9-18(13-15(19)3)29(26,27)24-20(21-23-11-12-25(21)4)16-5-7-17(22)8-6-16/h5-14,20,24H,1-4H3. The van der Waals surface area contributed by atoms with Crippen LogP contribution in [0.3, 0.4) is 0 Å². The van der Waals surface area contributed by atoms with Crippen molar-refractivity contribution in [1.29, 1.82) is 0 Å². The molecular formula is C21H24FN3O3S. The lowest BCUT2D eigenvalue weighted by Crippen LogP contribution is -2.31. The van der Waals surface area contributed by atoms with Crippen LogP contribution in [0.25, 0.3) is 0 Å². The Morgan fingerprint density at radius 3 is 2.38 bits per heavy atom. The first-order chi connectivity index (χ1) is 13.7. The van der Waals surface area contributed by atoms with Gasteiger partial charge in [-0.1, -0.05) is 12.1 Å². The van der Waals surface area contributed by atoms with Crippen molar-refractivity contribution in [3.63, 3.8) is 0 Å². The summed E-state index contributed by atoms with van der Waals surface area (Å²) in [7, 11) is -2.11. The molecule has 0 fully saturated rings. The third-order valence-corrected chi connectivity index (χ3v) is 5.83. The number of nitrogens with zero attached hydrogens (tertiary/aromatic N) is 2. The summed E-state index contributed by atoms with van der Waals surface area (Å²) < 4.78 is 49.7. The molecule has 0 spiro atoms. The van der Waals surface area contributed by atoms with Gasteiger partial charge in [0.1, 0.15) is 23.4 Å². The number of imidazole rings is 1. The third kappa shape index (κ3) is 4.83. The largest absolute Gasteiger partial charge is 0.491 e. The molecule has 3 rings (SSSR count). The van der Waals surface area contributed by atoms with E-state index in [1.165, 1.54) is 18.2 Å². The van der Waals surface area contributed by atoms with Gasteiger partial charge in [-0.05, 0) is 62.2 Å². The Morgan fingerprint density at radius 1 is 1.14 bits per heavy atom. The first-order valence-electron chi connectivity index (χ1n) is 9.19. The minimum Gasteiger partial charge on any atom is -0.491 e. The highest BCUT2D eigenvalue weighted by Crippen LogP contribution is 2.26. The van der Waals surface area contributed by atoms with E-state index >= 15 is 0 Å². The third-order valence-electron chi connectivity index (χ3n) is 4.41. The van der Waals surface area contributed by atoms with Crippen LogP contribution in [-0.4, -0.2) is 24.1 Å². The van der Waals surface area contributed by atoms with Crippen molar-refractivity contribution >= 4 is 10.0 Å². The van der Waals surface area contributed by atoms with Crippen LogP contribution in [0, 0.1) is 12.7 Å². The average molecular weight is 418 g/mol. The van der Waals surface area contributed by atoms with Crippen LogP contribution in [0.2, 0.25) is 0 Å². The van der Waals surface area contributed by atoms with E-state index in [9.17, 15) is 12.8 Å². The maximum absolute atomic E-state index is 13.4. The molecule has 154 valence electrons. The molecule has 1 unspecified atom stereocenters. The molecule has 1 aromatic heterocycles. The molecule has 0 bridgehead atoms. The fraction of sp³-hybridized carbons (Fsp3) is 0.286. The molecule has 8 heteroatoms. The van der Waals surface area contributed by atoms with Crippen molar-refractivity contribution < 1.29 is 17.5 Å². The number of aryl methyl sites for hydroxylation is 2. The summed E-state index contributed by atoms with van der Waals surface area (Å²) in [5, 5.41) is 0. The predicted molar refractivity (Wildman–Crippen MR) is 109 cm³/mol. The summed E-state index contributed by atoms with van der Waals surface area (Å²) in [6, 6.07) is 9.63. The van der Waals surface area contributed by atoms with Gasteiger partial charge in [-0.25, -0.2) is 17.8 Å². The van der Waals surface area contributed by atoms with E-state index in [0.29, 0.717) is 17.1 Å². The van der Waals surface area contributed by atoms with Crippen LogP contribution in [0.4, 0.5) is 4.39 Å². The molecule has 6 nitrogen and oxygen atoms in total. The van der Waals surface area contributed by atoms with E-state index in [1.54, 1.807) is 55.2 Å². The van der Waals surface area contributed by atoms with Crippen LogP contribution in [0.1, 0.15) is 36.8 Å². The number of ether oxygens (including phenoxy) is 1. The predicted octanol–water partition coefficient (Wildman–Crippen LogP) is 3.72. The van der Waals surface area contributed by atoms with Gasteiger partial charge < -0.3 is 9.30 Å². The molecule has 0 aliphatic heterocycles. The van der Waals surface area contributed by atoms with Gasteiger partial charge in [0, 0.05) is 19.4 Å². The second kappa shape index (κ2) is 8.34. The van der Waals surface area contributed by atoms with Crippen molar-refractivity contribution in [1.82, 2.24) is 14.3 Å². The summed E-state index contributed by atoms with van der Waals surface area (Å²) in [6.07, 6.45) is 3.30. The van der Waals surface area contributed by atoms with Crippen molar-refractivity contribution in [2.24, 2.45) is 7.05 Å². The number of hydrogen-bond donors (Lipinski definition) is 1. The van der Waals surface area contributed by atoms with E-state index < -0.39 is 21.9 Å². The van der Waals surface area contributed by atoms with E-state index in [0.717, 1.165) is 5.56 Å². The summed E-state index contributed by atoms with van der Waals surface area (Å²) in [5.41, 5.74) is 1.30. The fourth-order valence-corrected chi connectivity index (χ4v) is 4.25. The molecule has 1 atom stereocenters. The zero-order chi connectivity index (χ0) is 21.2. The van der Waals surface area contributed by atoms with Crippen LogP contribution < -0.4 is 9.46 Å². The molecule has 2 aromatic carbocycles. The van der Waals surface area contributed by atoms with Gasteiger partial charge >= 0.3 is 0 Å². The molecule has 0 aliphatic carbocycles. The Labute approximate surface area is 170 Å². The Bertz CT molecular complexity index is 1090. The Morgan fingerprint density at radius 2 is 1.83 bits per heavy atom. The molecule has 1 N–H and O–H groups in total. The highest BCUT2D eigenvalue weighted by molar-refractivity contribution is 7.89. The summed E-state index contributed by atoms with van der Waals surface area (Å²) in [5.74, 6) is 0.737. The Kier molecular flexibility index (Phi) is 6.04. The van der Waals surface area contributed by atoms with E-state index in [1.807, 2.05) is 13.8 Å². The van der Waals surface area contributed by atoms with Gasteiger partial charge in [0.15, 0.2) is 0 Å². The molecule has 0 amide bonds. The number of nitrogens with one attached hydrogen (secondary N) is 1. The number of rotatable bonds is 7. The average Bonchev–Trinajstić information content (AvgIpc) is 3.07. The number of sulfonamides is 1. The number of aromatic nitrogens is 2. The van der Waals surface area contributed by atoms with E-state index in [-0.39, 0.29) is 11.0 Å². The molecule has 3 aromatic rings. The van der Waals surface area contributed by atoms with Crippen molar-refractivity contribution in [2.45, 2.75) is 37.8 Å². The summed E-state index contributed by atoms with van der Waals surface area (Å²) >= 11 is 0. The number of halogens is 1. The normalized spacial score (nSPS) is 12.9. The zero-order valence-corrected chi connectivity index (χ0v) is 17.6. The highest BCUT2D eigenvalue weighted by atomic mass is 32.2. The van der Waals surface area contributed by atoms with Gasteiger partial charge in [0.05, 0.1) is 11.0 Å². The van der Waals surface area contributed by atoms with Crippen molar-refractivity contribution in [2.75, 3.05) is 0 Å². The molecular weight excluding hydrogens is 393 g/mol. The zero-order valence-electron chi connectivity index (χ0n) is 16.8. The minimum atomic E-state index is -3.88. The summed E-state index contributed by atoms with van der Waals surface area (Å²) in [4.78, 5) is 4.40. The van der Waals surface area contributed by atoms with Gasteiger partial charge in [-0.2, -0.15) is 4.72 Å². The topological polar surface area (TPSA) is 73.2 Å². The van der Waals surface area contributed by atoms with Crippen LogP contribution >= 0.6 is 0 Å². The monoisotopic (exact) mass is 417 g/mol. The molecule has 0 saturated heterocycles.